The van der Waals surface area contributed by atoms with Gasteiger partial charge in [-0.1, -0.05) is 61.9 Å². The molecule has 2 aromatic carbocycles. The molecule has 4 rings (SSSR count). The van der Waals surface area contributed by atoms with Crippen molar-refractivity contribution in [1.29, 1.82) is 0 Å². The smallest absolute Gasteiger partial charge is 0.296 e. The van der Waals surface area contributed by atoms with E-state index in [9.17, 15) is 9.59 Å². The van der Waals surface area contributed by atoms with Crippen LogP contribution in [-0.2, 0) is 6.42 Å². The van der Waals surface area contributed by atoms with Gasteiger partial charge in [-0.3, -0.25) is 9.59 Å². The lowest BCUT2D eigenvalue weighted by atomic mass is 10.1. The molecule has 0 aliphatic rings. The second kappa shape index (κ2) is 11.1. The monoisotopic (exact) mass is 477 g/mol. The third-order valence-electron chi connectivity index (χ3n) is 5.18. The molecule has 0 saturated carbocycles. The van der Waals surface area contributed by atoms with Gasteiger partial charge in [0.15, 0.2) is 0 Å². The lowest BCUT2D eigenvalue weighted by molar-refractivity contribution is 0.309. The van der Waals surface area contributed by atoms with Crippen molar-refractivity contribution in [1.82, 2.24) is 14.6 Å². The Labute approximate surface area is 201 Å². The van der Waals surface area contributed by atoms with Crippen LogP contribution >= 0.6 is 11.3 Å². The molecule has 2 aromatic heterocycles. The molecule has 0 aliphatic carbocycles. The highest BCUT2D eigenvalue weighted by atomic mass is 32.1. The predicted molar refractivity (Wildman–Crippen MR) is 134 cm³/mol. The van der Waals surface area contributed by atoms with Gasteiger partial charge in [-0.2, -0.15) is 14.6 Å². The average Bonchev–Trinajstić information content (AvgIpc) is 3.14. The van der Waals surface area contributed by atoms with E-state index in [2.05, 4.69) is 23.9 Å². The van der Waals surface area contributed by atoms with Crippen molar-refractivity contribution in [2.24, 2.45) is 0 Å². The Kier molecular flexibility index (Phi) is 7.69. The number of unbranched alkanes of at least 4 members (excludes halogenated alkanes) is 1. The molecule has 0 aliphatic heterocycles. The number of aromatic nitrogens is 3. The molecule has 0 spiro atoms. The number of benzene rings is 2. The molecule has 0 N–H and O–H groups in total. The predicted octanol–water partition coefficient (Wildman–Crippen LogP) is 3.62. The first-order valence-corrected chi connectivity index (χ1v) is 12.3. The summed E-state index contributed by atoms with van der Waals surface area (Å²) < 4.78 is 13.1. The molecule has 7 nitrogen and oxygen atoms in total. The molecule has 0 amide bonds. The number of hydrogen-bond acceptors (Lipinski definition) is 7. The van der Waals surface area contributed by atoms with Crippen molar-refractivity contribution in [2.75, 3.05) is 13.2 Å². The molecular weight excluding hydrogens is 450 g/mol. The van der Waals surface area contributed by atoms with Crippen LogP contribution in [0, 0.1) is 0 Å². The number of ether oxygens (including phenoxy) is 2. The van der Waals surface area contributed by atoms with Gasteiger partial charge in [0.2, 0.25) is 4.96 Å². The summed E-state index contributed by atoms with van der Waals surface area (Å²) in [6, 6.07) is 15.1. The molecule has 8 heteroatoms. The van der Waals surface area contributed by atoms with Crippen molar-refractivity contribution in [3.05, 3.63) is 90.6 Å². The van der Waals surface area contributed by atoms with Gasteiger partial charge in [0.1, 0.15) is 17.2 Å². The number of para-hydroxylation sites is 1. The van der Waals surface area contributed by atoms with E-state index in [1.165, 1.54) is 4.52 Å². The fourth-order valence-corrected chi connectivity index (χ4v) is 4.26. The van der Waals surface area contributed by atoms with E-state index < -0.39 is 5.56 Å². The van der Waals surface area contributed by atoms with E-state index in [4.69, 9.17) is 9.47 Å². The van der Waals surface area contributed by atoms with Gasteiger partial charge in [-0.15, -0.1) is 0 Å². The molecular formula is C26H27N3O4S. The lowest BCUT2D eigenvalue weighted by Gasteiger charge is -2.07. The van der Waals surface area contributed by atoms with Crippen LogP contribution in [0.4, 0.5) is 0 Å². The van der Waals surface area contributed by atoms with Crippen molar-refractivity contribution in [3.63, 3.8) is 0 Å². The van der Waals surface area contributed by atoms with Crippen LogP contribution in [0.1, 0.15) is 49.9 Å². The fourth-order valence-electron chi connectivity index (χ4n) is 3.37. The van der Waals surface area contributed by atoms with E-state index >= 15 is 0 Å². The highest BCUT2D eigenvalue weighted by Gasteiger charge is 2.12. The number of rotatable bonds is 10. The Morgan fingerprint density at radius 2 is 1.76 bits per heavy atom. The summed E-state index contributed by atoms with van der Waals surface area (Å²) in [6.07, 6.45) is 4.98. The summed E-state index contributed by atoms with van der Waals surface area (Å²) in [5.74, 6) is 1.50. The summed E-state index contributed by atoms with van der Waals surface area (Å²) in [5.41, 5.74) is 1.19. The minimum absolute atomic E-state index is 0.226. The van der Waals surface area contributed by atoms with E-state index in [1.807, 2.05) is 48.5 Å². The Morgan fingerprint density at radius 3 is 2.53 bits per heavy atom. The molecule has 0 bridgehead atoms. The van der Waals surface area contributed by atoms with Crippen molar-refractivity contribution < 1.29 is 9.47 Å². The average molecular weight is 478 g/mol. The van der Waals surface area contributed by atoms with Crippen LogP contribution in [-0.4, -0.2) is 27.8 Å². The number of thiazole rings is 1. The zero-order valence-electron chi connectivity index (χ0n) is 19.3. The van der Waals surface area contributed by atoms with Gasteiger partial charge in [0, 0.05) is 12.0 Å². The summed E-state index contributed by atoms with van der Waals surface area (Å²) >= 11 is 1.14. The van der Waals surface area contributed by atoms with Crippen molar-refractivity contribution in [2.45, 2.75) is 39.5 Å². The third-order valence-corrected chi connectivity index (χ3v) is 6.14. The quantitative estimate of drug-likeness (QED) is 0.325. The number of fused-ring (bicyclic) bond motifs is 1. The standard InChI is InChI=1S/C26H27N3O4S/c1-3-5-15-33-22-9-7-6-8-19(22)17-23-25(31)29-26(34-23)27-24(30)21(28-29)16-18-10-12-20(13-11-18)32-14-4-2/h6-13,17H,3-5,14-16H2,1-2H3/b23-17-. The molecule has 176 valence electrons. The van der Waals surface area contributed by atoms with Gasteiger partial charge in [0.05, 0.1) is 17.7 Å². The van der Waals surface area contributed by atoms with E-state index in [-0.39, 0.29) is 22.6 Å². The SMILES string of the molecule is CCCCOc1ccccc1/C=c1\sc2nc(=O)c(Cc3ccc(OCCC)cc3)nn2c1=O. The molecule has 0 radical (unpaired) electrons. The summed E-state index contributed by atoms with van der Waals surface area (Å²) in [6.45, 7) is 5.43. The van der Waals surface area contributed by atoms with Gasteiger partial charge in [-0.05, 0) is 42.7 Å². The maximum Gasteiger partial charge on any atom is 0.296 e. The van der Waals surface area contributed by atoms with Crippen LogP contribution in [0.25, 0.3) is 11.0 Å². The first-order valence-electron chi connectivity index (χ1n) is 11.5. The van der Waals surface area contributed by atoms with Gasteiger partial charge < -0.3 is 9.47 Å². The first kappa shape index (κ1) is 23.6. The zero-order chi connectivity index (χ0) is 23.9. The first-order chi connectivity index (χ1) is 16.6. The Balaban J connectivity index is 1.64. The zero-order valence-corrected chi connectivity index (χ0v) is 20.1. The molecule has 0 atom stereocenters. The highest BCUT2D eigenvalue weighted by molar-refractivity contribution is 7.15. The van der Waals surface area contributed by atoms with Gasteiger partial charge >= 0.3 is 0 Å². The Morgan fingerprint density at radius 1 is 0.971 bits per heavy atom. The molecule has 34 heavy (non-hydrogen) atoms. The maximum atomic E-state index is 13.0. The summed E-state index contributed by atoms with van der Waals surface area (Å²) in [7, 11) is 0. The third kappa shape index (κ3) is 5.51. The van der Waals surface area contributed by atoms with Crippen LogP contribution in [0.2, 0.25) is 0 Å². The Hall–Kier alpha value is -3.52. The molecule has 0 unspecified atom stereocenters. The van der Waals surface area contributed by atoms with Crippen LogP contribution < -0.4 is 25.1 Å². The van der Waals surface area contributed by atoms with E-state index in [0.717, 1.165) is 53.2 Å². The van der Waals surface area contributed by atoms with Crippen LogP contribution in [0.5, 0.6) is 11.5 Å². The summed E-state index contributed by atoms with van der Waals surface area (Å²) in [4.78, 5) is 30.0. The molecule has 0 saturated heterocycles. The molecule has 4 aromatic rings. The summed E-state index contributed by atoms with van der Waals surface area (Å²) in [5, 5.41) is 4.34. The normalized spacial score (nSPS) is 11.8. The van der Waals surface area contributed by atoms with Crippen LogP contribution in [0.3, 0.4) is 0 Å². The minimum Gasteiger partial charge on any atom is -0.494 e. The van der Waals surface area contributed by atoms with Gasteiger partial charge in [0.25, 0.3) is 11.1 Å². The molecule has 0 fully saturated rings. The number of nitrogens with zero attached hydrogens (tertiary/aromatic N) is 3. The fraction of sp³-hybridized carbons (Fsp3) is 0.308. The topological polar surface area (TPSA) is 82.8 Å². The van der Waals surface area contributed by atoms with E-state index in [0.29, 0.717) is 17.7 Å². The van der Waals surface area contributed by atoms with Crippen molar-refractivity contribution in [3.8, 4) is 11.5 Å². The van der Waals surface area contributed by atoms with E-state index in [1.54, 1.807) is 6.08 Å². The number of hydrogen-bond donors (Lipinski definition) is 0. The minimum atomic E-state index is -0.428. The highest BCUT2D eigenvalue weighted by Crippen LogP contribution is 2.19. The van der Waals surface area contributed by atoms with Crippen LogP contribution in [0.15, 0.2) is 58.1 Å². The molecule has 2 heterocycles. The second-order valence-electron chi connectivity index (χ2n) is 7.88. The maximum absolute atomic E-state index is 13.0. The largest absolute Gasteiger partial charge is 0.494 e. The lowest BCUT2D eigenvalue weighted by Crippen LogP contribution is -2.28. The second-order valence-corrected chi connectivity index (χ2v) is 8.89. The van der Waals surface area contributed by atoms with Crippen molar-refractivity contribution >= 4 is 22.4 Å². The van der Waals surface area contributed by atoms with Gasteiger partial charge in [-0.25, -0.2) is 0 Å². The Bertz CT molecular complexity index is 1430.